The van der Waals surface area contributed by atoms with Crippen LogP contribution in [0.15, 0.2) is 35.3 Å². The Hall–Kier alpha value is -1.55. The van der Waals surface area contributed by atoms with Crippen molar-refractivity contribution in [3.05, 3.63) is 35.9 Å². The number of nitrogens with two attached hydrogens (primary N) is 1. The van der Waals surface area contributed by atoms with Crippen molar-refractivity contribution >= 4 is 5.96 Å². The molecule has 4 nitrogen and oxygen atoms in total. The monoisotopic (exact) mass is 303 g/mol. The molecule has 1 unspecified atom stereocenters. The third-order valence-electron chi connectivity index (χ3n) is 4.01. The number of ether oxygens (including phenoxy) is 1. The van der Waals surface area contributed by atoms with Crippen LogP contribution < -0.4 is 5.73 Å². The van der Waals surface area contributed by atoms with E-state index in [0.29, 0.717) is 25.1 Å². The molecule has 0 radical (unpaired) electrons. The van der Waals surface area contributed by atoms with Crippen LogP contribution in [0.3, 0.4) is 0 Å². The minimum Gasteiger partial charge on any atom is -0.376 e. The summed E-state index contributed by atoms with van der Waals surface area (Å²) in [5.41, 5.74) is 7.33. The second kappa shape index (κ2) is 9.46. The average molecular weight is 303 g/mol. The van der Waals surface area contributed by atoms with Gasteiger partial charge in [0.1, 0.15) is 0 Å². The molecule has 1 aliphatic heterocycles. The van der Waals surface area contributed by atoms with Crippen LogP contribution in [0.4, 0.5) is 0 Å². The first kappa shape index (κ1) is 16.8. The molecule has 1 aromatic rings. The number of aliphatic imine (C=N–C) groups is 1. The smallest absolute Gasteiger partial charge is 0.191 e. The Labute approximate surface area is 134 Å². The largest absolute Gasteiger partial charge is 0.376 e. The molecule has 1 aromatic carbocycles. The fraction of sp³-hybridized carbons (Fsp3) is 0.611. The maximum absolute atomic E-state index is 6.12. The van der Waals surface area contributed by atoms with Gasteiger partial charge in [0.25, 0.3) is 0 Å². The normalized spacial score (nSPS) is 18.0. The number of rotatable bonds is 6. The Balaban J connectivity index is 1.67. The van der Waals surface area contributed by atoms with Crippen molar-refractivity contribution in [2.24, 2.45) is 16.6 Å². The van der Waals surface area contributed by atoms with Crippen LogP contribution in [-0.2, 0) is 11.3 Å². The number of nitrogens with zero attached hydrogens (tertiary/aromatic N) is 2. The zero-order chi connectivity index (χ0) is 15.6. The molecule has 4 heteroatoms. The van der Waals surface area contributed by atoms with Crippen molar-refractivity contribution in [3.63, 3.8) is 0 Å². The molecule has 1 atom stereocenters. The van der Waals surface area contributed by atoms with Crippen molar-refractivity contribution in [2.75, 3.05) is 26.2 Å². The van der Waals surface area contributed by atoms with Crippen molar-refractivity contribution in [2.45, 2.75) is 39.2 Å². The van der Waals surface area contributed by atoms with E-state index in [1.165, 1.54) is 31.2 Å². The van der Waals surface area contributed by atoms with Crippen LogP contribution in [0.2, 0.25) is 0 Å². The summed E-state index contributed by atoms with van der Waals surface area (Å²) in [6, 6.07) is 10.3. The SMILES string of the molecule is CC(CN=C(N)N1CCCCCC1)COCc1ccccc1. The van der Waals surface area contributed by atoms with Gasteiger partial charge in [-0.1, -0.05) is 50.1 Å². The standard InChI is InChI=1S/C18H29N3O/c1-16(14-22-15-17-9-5-4-6-10-17)13-20-18(19)21-11-7-2-3-8-12-21/h4-6,9-10,16H,2-3,7-8,11-15H2,1H3,(H2,19,20). The highest BCUT2D eigenvalue weighted by Gasteiger charge is 2.11. The number of likely N-dealkylation sites (tertiary alicyclic amines) is 1. The molecule has 1 saturated heterocycles. The van der Waals surface area contributed by atoms with E-state index in [-0.39, 0.29) is 0 Å². The third kappa shape index (κ3) is 6.06. The van der Waals surface area contributed by atoms with Crippen molar-refractivity contribution in [1.29, 1.82) is 0 Å². The molecule has 122 valence electrons. The van der Waals surface area contributed by atoms with Gasteiger partial charge in [-0.25, -0.2) is 0 Å². The molecule has 0 aliphatic carbocycles. The maximum atomic E-state index is 6.12. The third-order valence-corrected chi connectivity index (χ3v) is 4.01. The van der Waals surface area contributed by atoms with E-state index in [1.807, 2.05) is 18.2 Å². The van der Waals surface area contributed by atoms with Crippen LogP contribution in [0.1, 0.15) is 38.2 Å². The average Bonchev–Trinajstić information content (AvgIpc) is 2.83. The van der Waals surface area contributed by atoms with Crippen LogP contribution in [0.25, 0.3) is 0 Å². The molecule has 0 bridgehead atoms. The molecule has 0 saturated carbocycles. The summed E-state index contributed by atoms with van der Waals surface area (Å²) in [5.74, 6) is 1.09. The first-order valence-electron chi connectivity index (χ1n) is 8.42. The Kier molecular flexibility index (Phi) is 7.23. The van der Waals surface area contributed by atoms with E-state index in [2.05, 4.69) is 28.9 Å². The van der Waals surface area contributed by atoms with Crippen LogP contribution >= 0.6 is 0 Å². The highest BCUT2D eigenvalue weighted by atomic mass is 16.5. The number of hydrogen-bond donors (Lipinski definition) is 1. The summed E-state index contributed by atoms with van der Waals surface area (Å²) in [4.78, 5) is 6.78. The molecule has 1 aliphatic rings. The zero-order valence-corrected chi connectivity index (χ0v) is 13.7. The first-order valence-corrected chi connectivity index (χ1v) is 8.42. The van der Waals surface area contributed by atoms with Gasteiger partial charge in [0.05, 0.1) is 13.2 Å². The fourth-order valence-electron chi connectivity index (χ4n) is 2.65. The lowest BCUT2D eigenvalue weighted by Crippen LogP contribution is -2.38. The van der Waals surface area contributed by atoms with Gasteiger partial charge in [0, 0.05) is 19.6 Å². The quantitative estimate of drug-likeness (QED) is 0.649. The minimum atomic E-state index is 0.384. The van der Waals surface area contributed by atoms with E-state index in [9.17, 15) is 0 Å². The van der Waals surface area contributed by atoms with Crippen LogP contribution in [-0.4, -0.2) is 37.1 Å². The Morgan fingerprint density at radius 2 is 1.86 bits per heavy atom. The lowest BCUT2D eigenvalue weighted by atomic mass is 10.2. The summed E-state index contributed by atoms with van der Waals surface area (Å²) < 4.78 is 5.76. The number of benzene rings is 1. The van der Waals surface area contributed by atoms with Crippen molar-refractivity contribution in [1.82, 2.24) is 4.90 Å². The van der Waals surface area contributed by atoms with Crippen LogP contribution in [0, 0.1) is 5.92 Å². The summed E-state index contributed by atoms with van der Waals surface area (Å²) in [5, 5.41) is 0. The van der Waals surface area contributed by atoms with Crippen LogP contribution in [0.5, 0.6) is 0 Å². The maximum Gasteiger partial charge on any atom is 0.191 e. The van der Waals surface area contributed by atoms with Gasteiger partial charge in [-0.05, 0) is 24.3 Å². The molecular formula is C18H29N3O. The van der Waals surface area contributed by atoms with E-state index in [1.54, 1.807) is 0 Å². The molecule has 0 spiro atoms. The van der Waals surface area contributed by atoms with Gasteiger partial charge < -0.3 is 15.4 Å². The molecule has 1 heterocycles. The lowest BCUT2D eigenvalue weighted by molar-refractivity contribution is 0.0944. The summed E-state index contributed by atoms with van der Waals surface area (Å²) in [6.07, 6.45) is 5.08. The molecular weight excluding hydrogens is 274 g/mol. The van der Waals surface area contributed by atoms with Crippen molar-refractivity contribution < 1.29 is 4.74 Å². The number of hydrogen-bond acceptors (Lipinski definition) is 2. The molecule has 0 amide bonds. The van der Waals surface area contributed by atoms with E-state index in [0.717, 1.165) is 19.6 Å². The fourth-order valence-corrected chi connectivity index (χ4v) is 2.65. The Bertz CT molecular complexity index is 439. The van der Waals surface area contributed by atoms with Gasteiger partial charge in [0.2, 0.25) is 0 Å². The van der Waals surface area contributed by atoms with Crippen molar-refractivity contribution in [3.8, 4) is 0 Å². The second-order valence-corrected chi connectivity index (χ2v) is 6.21. The van der Waals surface area contributed by atoms with Gasteiger partial charge >= 0.3 is 0 Å². The van der Waals surface area contributed by atoms with Gasteiger partial charge in [-0.15, -0.1) is 0 Å². The number of guanidine groups is 1. The van der Waals surface area contributed by atoms with Gasteiger partial charge in [-0.2, -0.15) is 0 Å². The van der Waals surface area contributed by atoms with E-state index >= 15 is 0 Å². The summed E-state index contributed by atoms with van der Waals surface area (Å²) >= 11 is 0. The molecule has 0 aromatic heterocycles. The molecule has 2 N–H and O–H groups in total. The topological polar surface area (TPSA) is 50.8 Å². The molecule has 1 fully saturated rings. The highest BCUT2D eigenvalue weighted by molar-refractivity contribution is 5.78. The summed E-state index contributed by atoms with van der Waals surface area (Å²) in [7, 11) is 0. The molecule has 22 heavy (non-hydrogen) atoms. The van der Waals surface area contributed by atoms with E-state index < -0.39 is 0 Å². The van der Waals surface area contributed by atoms with Gasteiger partial charge in [-0.3, -0.25) is 4.99 Å². The Morgan fingerprint density at radius 3 is 2.55 bits per heavy atom. The molecule has 2 rings (SSSR count). The minimum absolute atomic E-state index is 0.384. The lowest BCUT2D eigenvalue weighted by Gasteiger charge is -2.21. The van der Waals surface area contributed by atoms with E-state index in [4.69, 9.17) is 10.5 Å². The Morgan fingerprint density at radius 1 is 1.18 bits per heavy atom. The zero-order valence-electron chi connectivity index (χ0n) is 13.7. The predicted molar refractivity (Wildman–Crippen MR) is 91.8 cm³/mol. The summed E-state index contributed by atoms with van der Waals surface area (Å²) in [6.45, 7) is 6.37. The first-order chi connectivity index (χ1) is 10.8. The van der Waals surface area contributed by atoms with Gasteiger partial charge in [0.15, 0.2) is 5.96 Å². The second-order valence-electron chi connectivity index (χ2n) is 6.21. The predicted octanol–water partition coefficient (Wildman–Crippen LogP) is 3.03. The highest BCUT2D eigenvalue weighted by Crippen LogP contribution is 2.09.